The Labute approximate surface area is 191 Å². The lowest BCUT2D eigenvalue weighted by molar-refractivity contribution is 0.102. The Bertz CT molecular complexity index is 1100. The molecule has 5 nitrogen and oxygen atoms in total. The standard InChI is InChI=1S/C24H23ClN4OS/c1-3-24(2,18-6-8-19(25)9-7-18)21-16-31-23(27-21)28-22(30)17-4-10-20(11-5-17)29-14-12-26-13-15-29/h1,4-11,16,26H,12-15H2,2H3,(H,27,28,30). The number of carbonyl (C=O) groups is 1. The molecule has 1 aliphatic rings. The Morgan fingerprint density at radius 1 is 1.19 bits per heavy atom. The first-order valence-corrected chi connectivity index (χ1v) is 11.3. The van der Waals surface area contributed by atoms with E-state index in [1.54, 1.807) is 0 Å². The Morgan fingerprint density at radius 2 is 1.87 bits per heavy atom. The van der Waals surface area contributed by atoms with Gasteiger partial charge in [0.1, 0.15) is 0 Å². The summed E-state index contributed by atoms with van der Waals surface area (Å²) in [5, 5.41) is 9.28. The van der Waals surface area contributed by atoms with E-state index in [9.17, 15) is 4.79 Å². The number of benzene rings is 2. The zero-order valence-electron chi connectivity index (χ0n) is 17.2. The largest absolute Gasteiger partial charge is 0.369 e. The van der Waals surface area contributed by atoms with Crippen molar-refractivity contribution in [1.82, 2.24) is 10.3 Å². The monoisotopic (exact) mass is 450 g/mol. The number of nitrogens with zero attached hydrogens (tertiary/aromatic N) is 2. The molecule has 1 aromatic heterocycles. The van der Waals surface area contributed by atoms with Crippen LogP contribution in [0.5, 0.6) is 0 Å². The summed E-state index contributed by atoms with van der Waals surface area (Å²) in [4.78, 5) is 19.6. The van der Waals surface area contributed by atoms with Crippen LogP contribution in [-0.4, -0.2) is 37.1 Å². The maximum absolute atomic E-state index is 12.7. The molecule has 0 aliphatic carbocycles. The van der Waals surface area contributed by atoms with Gasteiger partial charge in [-0.05, 0) is 48.9 Å². The topological polar surface area (TPSA) is 57.3 Å². The van der Waals surface area contributed by atoms with Gasteiger partial charge in [-0.3, -0.25) is 10.1 Å². The number of anilines is 2. The average Bonchev–Trinajstić information content (AvgIpc) is 3.29. The number of carbonyl (C=O) groups excluding carboxylic acids is 1. The van der Waals surface area contributed by atoms with Gasteiger partial charge in [-0.25, -0.2) is 4.98 Å². The van der Waals surface area contributed by atoms with E-state index >= 15 is 0 Å². The lowest BCUT2D eigenvalue weighted by atomic mass is 9.81. The fraction of sp³-hybridized carbons (Fsp3) is 0.250. The minimum Gasteiger partial charge on any atom is -0.369 e. The lowest BCUT2D eigenvalue weighted by Gasteiger charge is -2.29. The van der Waals surface area contributed by atoms with Crippen molar-refractivity contribution in [3.63, 3.8) is 0 Å². The molecular formula is C24H23ClN4OS. The average molecular weight is 451 g/mol. The van der Waals surface area contributed by atoms with E-state index in [0.717, 1.165) is 37.4 Å². The molecule has 1 atom stereocenters. The van der Waals surface area contributed by atoms with Crippen LogP contribution in [0.15, 0.2) is 53.9 Å². The van der Waals surface area contributed by atoms with Crippen molar-refractivity contribution < 1.29 is 4.79 Å². The summed E-state index contributed by atoms with van der Waals surface area (Å²) in [6.07, 6.45) is 5.87. The van der Waals surface area contributed by atoms with Crippen LogP contribution in [-0.2, 0) is 5.41 Å². The molecule has 1 aliphatic heterocycles. The predicted octanol–water partition coefficient (Wildman–Crippen LogP) is 4.40. The SMILES string of the molecule is C#CC(C)(c1ccc(Cl)cc1)c1csc(NC(=O)c2ccc(N3CCNCC3)cc2)n1. The van der Waals surface area contributed by atoms with Gasteiger partial charge in [0.05, 0.1) is 11.1 Å². The van der Waals surface area contributed by atoms with Gasteiger partial charge in [-0.15, -0.1) is 17.8 Å². The van der Waals surface area contributed by atoms with Crippen molar-refractivity contribution in [2.24, 2.45) is 0 Å². The number of aromatic nitrogens is 1. The number of hydrogen-bond donors (Lipinski definition) is 2. The molecule has 158 valence electrons. The molecule has 7 heteroatoms. The van der Waals surface area contributed by atoms with Crippen molar-refractivity contribution in [3.05, 3.63) is 75.8 Å². The fourth-order valence-corrected chi connectivity index (χ4v) is 4.51. The number of halogens is 1. The maximum Gasteiger partial charge on any atom is 0.257 e. The molecule has 2 aromatic carbocycles. The summed E-state index contributed by atoms with van der Waals surface area (Å²) >= 11 is 7.36. The van der Waals surface area contributed by atoms with Gasteiger partial charge in [-0.1, -0.05) is 29.7 Å². The highest BCUT2D eigenvalue weighted by molar-refractivity contribution is 7.14. The van der Waals surface area contributed by atoms with E-state index < -0.39 is 5.41 Å². The molecule has 1 fully saturated rings. The minimum absolute atomic E-state index is 0.193. The van der Waals surface area contributed by atoms with Crippen LogP contribution in [0.1, 0.15) is 28.5 Å². The van der Waals surface area contributed by atoms with Crippen LogP contribution in [0.25, 0.3) is 0 Å². The second-order valence-electron chi connectivity index (χ2n) is 7.55. The molecule has 3 aromatic rings. The first kappa shape index (κ1) is 21.4. The fourth-order valence-electron chi connectivity index (χ4n) is 3.57. The van der Waals surface area contributed by atoms with Crippen LogP contribution in [0.3, 0.4) is 0 Å². The van der Waals surface area contributed by atoms with Gasteiger partial charge in [0, 0.05) is 47.8 Å². The Hall–Kier alpha value is -2.85. The Morgan fingerprint density at radius 3 is 2.52 bits per heavy atom. The molecule has 2 heterocycles. The number of rotatable bonds is 5. The Kier molecular flexibility index (Phi) is 6.28. The molecule has 2 N–H and O–H groups in total. The maximum atomic E-state index is 12.7. The summed E-state index contributed by atoms with van der Waals surface area (Å²) in [5.74, 6) is 2.65. The number of hydrogen-bond acceptors (Lipinski definition) is 5. The van der Waals surface area contributed by atoms with E-state index in [1.807, 2.05) is 60.8 Å². The van der Waals surface area contributed by atoms with Crippen LogP contribution < -0.4 is 15.5 Å². The first-order chi connectivity index (χ1) is 15.0. The molecule has 0 saturated carbocycles. The lowest BCUT2D eigenvalue weighted by Crippen LogP contribution is -2.43. The molecule has 0 spiro atoms. The van der Waals surface area contributed by atoms with E-state index in [-0.39, 0.29) is 5.91 Å². The molecule has 0 bridgehead atoms. The van der Waals surface area contributed by atoms with Gasteiger partial charge < -0.3 is 10.2 Å². The number of thiazole rings is 1. The summed E-state index contributed by atoms with van der Waals surface area (Å²) in [5.41, 5.74) is 2.64. The van der Waals surface area contributed by atoms with Gasteiger partial charge in [0.2, 0.25) is 0 Å². The van der Waals surface area contributed by atoms with Crippen LogP contribution in [0.2, 0.25) is 5.02 Å². The third-order valence-corrected chi connectivity index (χ3v) is 6.57. The normalized spacial score (nSPS) is 15.7. The quantitative estimate of drug-likeness (QED) is 0.566. The zero-order chi connectivity index (χ0) is 21.8. The summed E-state index contributed by atoms with van der Waals surface area (Å²) in [7, 11) is 0. The number of piperazine rings is 1. The van der Waals surface area contributed by atoms with Crippen LogP contribution >= 0.6 is 22.9 Å². The summed E-state index contributed by atoms with van der Waals surface area (Å²) in [6, 6.07) is 15.1. The van der Waals surface area contributed by atoms with Crippen LogP contribution in [0.4, 0.5) is 10.8 Å². The van der Waals surface area contributed by atoms with Gasteiger partial charge in [0.25, 0.3) is 5.91 Å². The predicted molar refractivity (Wildman–Crippen MR) is 128 cm³/mol. The van der Waals surface area contributed by atoms with Gasteiger partial charge in [0.15, 0.2) is 5.13 Å². The van der Waals surface area contributed by atoms with Crippen molar-refractivity contribution >= 4 is 39.7 Å². The number of terminal acetylenes is 1. The highest BCUT2D eigenvalue weighted by atomic mass is 35.5. The molecule has 1 unspecified atom stereocenters. The van der Waals surface area contributed by atoms with E-state index in [1.165, 1.54) is 11.3 Å². The third kappa shape index (κ3) is 4.59. The van der Waals surface area contributed by atoms with Crippen molar-refractivity contribution in [2.45, 2.75) is 12.3 Å². The molecule has 4 rings (SSSR count). The second-order valence-corrected chi connectivity index (χ2v) is 8.85. The van der Waals surface area contributed by atoms with Gasteiger partial charge >= 0.3 is 0 Å². The van der Waals surface area contributed by atoms with Crippen molar-refractivity contribution in [2.75, 3.05) is 36.4 Å². The molecule has 31 heavy (non-hydrogen) atoms. The zero-order valence-corrected chi connectivity index (χ0v) is 18.8. The highest BCUT2D eigenvalue weighted by Crippen LogP contribution is 2.34. The highest BCUT2D eigenvalue weighted by Gasteiger charge is 2.29. The number of amides is 1. The first-order valence-electron chi connectivity index (χ1n) is 10.1. The summed E-state index contributed by atoms with van der Waals surface area (Å²) < 4.78 is 0. The second kappa shape index (κ2) is 9.11. The van der Waals surface area contributed by atoms with E-state index in [0.29, 0.717) is 21.4 Å². The minimum atomic E-state index is -0.713. The van der Waals surface area contributed by atoms with Crippen molar-refractivity contribution in [1.29, 1.82) is 0 Å². The smallest absolute Gasteiger partial charge is 0.257 e. The van der Waals surface area contributed by atoms with Crippen molar-refractivity contribution in [3.8, 4) is 12.3 Å². The third-order valence-electron chi connectivity index (χ3n) is 5.56. The van der Waals surface area contributed by atoms with E-state index in [2.05, 4.69) is 26.4 Å². The molecular weight excluding hydrogens is 428 g/mol. The summed E-state index contributed by atoms with van der Waals surface area (Å²) in [6.45, 7) is 5.82. The van der Waals surface area contributed by atoms with Gasteiger partial charge in [-0.2, -0.15) is 0 Å². The molecule has 1 saturated heterocycles. The molecule has 0 radical (unpaired) electrons. The van der Waals surface area contributed by atoms with Crippen LogP contribution in [0, 0.1) is 12.3 Å². The number of nitrogens with one attached hydrogen (secondary N) is 2. The molecule has 1 amide bonds. The Balaban J connectivity index is 1.47. The van der Waals surface area contributed by atoms with E-state index in [4.69, 9.17) is 18.0 Å².